The van der Waals surface area contributed by atoms with Gasteiger partial charge in [0.1, 0.15) is 17.2 Å². The molecule has 0 spiro atoms. The molecule has 0 aliphatic rings. The molecule has 0 unspecified atom stereocenters. The first-order chi connectivity index (χ1) is 19.8. The van der Waals surface area contributed by atoms with Crippen LogP contribution in [0.25, 0.3) is 0 Å². The highest BCUT2D eigenvalue weighted by Gasteiger charge is 2.23. The third kappa shape index (κ3) is 8.38. The van der Waals surface area contributed by atoms with Gasteiger partial charge in [-0.1, -0.05) is 23.2 Å². The van der Waals surface area contributed by atoms with Crippen molar-refractivity contribution in [3.05, 3.63) is 112 Å². The second-order valence-corrected chi connectivity index (χ2v) is 9.11. The number of hydrogen-bond acceptors (Lipinski definition) is 8. The lowest BCUT2D eigenvalue weighted by molar-refractivity contribution is -0.140. The third-order valence-corrected chi connectivity index (χ3v) is 5.93. The molecule has 0 aliphatic carbocycles. The van der Waals surface area contributed by atoms with Crippen molar-refractivity contribution < 1.29 is 33.3 Å². The summed E-state index contributed by atoms with van der Waals surface area (Å²) in [7, 11) is 2.99. The van der Waals surface area contributed by atoms with Gasteiger partial charge < -0.3 is 23.7 Å². The summed E-state index contributed by atoms with van der Waals surface area (Å²) in [6.07, 6.45) is 0.0484. The van der Waals surface area contributed by atoms with E-state index in [0.29, 0.717) is 49.9 Å². The quantitative estimate of drug-likeness (QED) is 0.0728. The van der Waals surface area contributed by atoms with Crippen LogP contribution in [0.2, 0.25) is 10.0 Å². The fourth-order valence-electron chi connectivity index (χ4n) is 3.38. The van der Waals surface area contributed by atoms with Crippen molar-refractivity contribution in [3.63, 3.8) is 0 Å². The Kier molecular flexibility index (Phi) is 10.0. The second kappa shape index (κ2) is 14.1. The van der Waals surface area contributed by atoms with E-state index < -0.39 is 18.2 Å². The van der Waals surface area contributed by atoms with E-state index in [9.17, 15) is 9.59 Å². The summed E-state index contributed by atoms with van der Waals surface area (Å²) in [4.78, 5) is 25.4. The summed E-state index contributed by atoms with van der Waals surface area (Å²) in [5, 5.41) is 5.02. The van der Waals surface area contributed by atoms with Crippen LogP contribution in [0.1, 0.15) is 15.9 Å². The second-order valence-electron chi connectivity index (χ2n) is 8.24. The number of nitrogens with zero attached hydrogens (tertiary/aromatic N) is 1. The fraction of sp³-hybridized carbons (Fsp3) is 0.100. The lowest BCUT2D eigenvalue weighted by Crippen LogP contribution is -2.40. The molecule has 4 rings (SSSR count). The van der Waals surface area contributed by atoms with Crippen LogP contribution in [0.5, 0.6) is 28.7 Å². The van der Waals surface area contributed by atoms with Gasteiger partial charge in [-0.05, 0) is 96.6 Å². The molecule has 0 saturated carbocycles. The number of benzene rings is 4. The molecule has 4 aromatic carbocycles. The number of halogens is 2. The van der Waals surface area contributed by atoms with Gasteiger partial charge in [-0.3, -0.25) is 4.79 Å². The average molecular weight is 595 g/mol. The van der Waals surface area contributed by atoms with E-state index in [1.165, 1.54) is 26.5 Å². The Morgan fingerprint density at radius 2 is 1.27 bits per heavy atom. The van der Waals surface area contributed by atoms with Gasteiger partial charge in [-0.15, -0.1) is 0 Å². The lowest BCUT2D eigenvalue weighted by atomic mass is 10.2. The summed E-state index contributed by atoms with van der Waals surface area (Å²) in [5.41, 5.74) is 3.33. The Hall–Kier alpha value is -4.73. The number of hydrazone groups is 1. The minimum atomic E-state index is -1.37. The summed E-state index contributed by atoms with van der Waals surface area (Å²) < 4.78 is 27.3. The van der Waals surface area contributed by atoms with Gasteiger partial charge >= 0.3 is 18.2 Å². The molecule has 0 bridgehead atoms. The SMILES string of the molecule is COc1ccc(C(=O)Oc2ccc(C=NNC(=O)C(Oc3ccc(Cl)cc3)Oc3ccc(Cl)cc3)cc2)cc1OC. The molecule has 210 valence electrons. The van der Waals surface area contributed by atoms with Crippen LogP contribution in [0.3, 0.4) is 0 Å². The van der Waals surface area contributed by atoms with E-state index in [2.05, 4.69) is 10.5 Å². The average Bonchev–Trinajstić information content (AvgIpc) is 2.99. The van der Waals surface area contributed by atoms with Gasteiger partial charge in [-0.2, -0.15) is 5.10 Å². The summed E-state index contributed by atoms with van der Waals surface area (Å²) in [6, 6.07) is 24.2. The molecule has 0 radical (unpaired) electrons. The van der Waals surface area contributed by atoms with Gasteiger partial charge in [0.15, 0.2) is 11.5 Å². The molecule has 0 heterocycles. The highest BCUT2D eigenvalue weighted by Crippen LogP contribution is 2.28. The number of esters is 1. The number of amides is 1. The largest absolute Gasteiger partial charge is 0.493 e. The Morgan fingerprint density at radius 3 is 1.80 bits per heavy atom. The molecule has 1 N–H and O–H groups in total. The Bertz CT molecular complexity index is 1460. The zero-order chi connectivity index (χ0) is 29.2. The standard InChI is InChI=1S/C30H24Cl2N2O7/c1-37-26-16-5-20(17-27(26)38-2)29(36)39-23-10-3-19(4-11-23)18-33-34-28(35)30(40-24-12-6-21(31)7-13-24)41-25-14-8-22(32)9-15-25/h3-18,30H,1-2H3,(H,34,35). The van der Waals surface area contributed by atoms with Crippen molar-refractivity contribution in [3.8, 4) is 28.7 Å². The van der Waals surface area contributed by atoms with E-state index in [-0.39, 0.29) is 0 Å². The zero-order valence-corrected chi connectivity index (χ0v) is 23.4. The number of carbonyl (C=O) groups excluding carboxylic acids is 2. The molecular formula is C30H24Cl2N2O7. The molecule has 0 atom stereocenters. The van der Waals surface area contributed by atoms with Gasteiger partial charge in [-0.25, -0.2) is 10.2 Å². The number of ether oxygens (including phenoxy) is 5. The maximum atomic E-state index is 12.9. The van der Waals surface area contributed by atoms with Gasteiger partial charge in [0, 0.05) is 10.0 Å². The summed E-state index contributed by atoms with van der Waals surface area (Å²) in [6.45, 7) is 0. The molecule has 0 fully saturated rings. The topological polar surface area (TPSA) is 105 Å². The molecule has 1 amide bonds. The normalized spacial score (nSPS) is 10.8. The fourth-order valence-corrected chi connectivity index (χ4v) is 3.63. The maximum Gasteiger partial charge on any atom is 0.343 e. The molecule has 11 heteroatoms. The zero-order valence-electron chi connectivity index (χ0n) is 21.9. The first kappa shape index (κ1) is 29.3. The van der Waals surface area contributed by atoms with Crippen LogP contribution in [0, 0.1) is 0 Å². The van der Waals surface area contributed by atoms with Crippen molar-refractivity contribution in [2.45, 2.75) is 6.29 Å². The Labute approximate surface area is 246 Å². The Balaban J connectivity index is 1.37. The van der Waals surface area contributed by atoms with Gasteiger partial charge in [0.2, 0.25) is 0 Å². The highest BCUT2D eigenvalue weighted by atomic mass is 35.5. The first-order valence-electron chi connectivity index (χ1n) is 12.1. The molecule has 0 aliphatic heterocycles. The number of rotatable bonds is 11. The van der Waals surface area contributed by atoms with Crippen LogP contribution in [-0.4, -0.2) is 38.6 Å². The maximum absolute atomic E-state index is 12.9. The first-order valence-corrected chi connectivity index (χ1v) is 12.8. The van der Waals surface area contributed by atoms with Gasteiger partial charge in [0.05, 0.1) is 26.0 Å². The van der Waals surface area contributed by atoms with E-state index in [1.54, 1.807) is 84.9 Å². The predicted octanol–water partition coefficient (Wildman–Crippen LogP) is 6.16. The van der Waals surface area contributed by atoms with E-state index in [1.807, 2.05) is 0 Å². The molecule has 9 nitrogen and oxygen atoms in total. The van der Waals surface area contributed by atoms with Crippen molar-refractivity contribution in [2.75, 3.05) is 14.2 Å². The van der Waals surface area contributed by atoms with E-state index in [0.717, 1.165) is 0 Å². The van der Waals surface area contributed by atoms with Crippen LogP contribution in [-0.2, 0) is 4.79 Å². The smallest absolute Gasteiger partial charge is 0.343 e. The van der Waals surface area contributed by atoms with Crippen molar-refractivity contribution >= 4 is 41.3 Å². The minimum Gasteiger partial charge on any atom is -0.493 e. The predicted molar refractivity (Wildman–Crippen MR) is 155 cm³/mol. The van der Waals surface area contributed by atoms with Crippen molar-refractivity contribution in [1.29, 1.82) is 0 Å². The summed E-state index contributed by atoms with van der Waals surface area (Å²) >= 11 is 11.9. The van der Waals surface area contributed by atoms with Crippen LogP contribution in [0.15, 0.2) is 96.1 Å². The number of hydrogen-bond donors (Lipinski definition) is 1. The number of carbonyl (C=O) groups is 2. The molecule has 0 aromatic heterocycles. The number of methoxy groups -OCH3 is 2. The van der Waals surface area contributed by atoms with Crippen LogP contribution in [0.4, 0.5) is 0 Å². The highest BCUT2D eigenvalue weighted by molar-refractivity contribution is 6.30. The molecule has 41 heavy (non-hydrogen) atoms. The van der Waals surface area contributed by atoms with Crippen LogP contribution >= 0.6 is 23.2 Å². The number of nitrogens with one attached hydrogen (secondary N) is 1. The van der Waals surface area contributed by atoms with E-state index >= 15 is 0 Å². The molecule has 0 saturated heterocycles. The monoisotopic (exact) mass is 594 g/mol. The minimum absolute atomic E-state index is 0.298. The molecular weight excluding hydrogens is 571 g/mol. The molecule has 4 aromatic rings. The van der Waals surface area contributed by atoms with Crippen molar-refractivity contribution in [2.24, 2.45) is 5.10 Å². The van der Waals surface area contributed by atoms with Gasteiger partial charge in [0.25, 0.3) is 0 Å². The van der Waals surface area contributed by atoms with Crippen LogP contribution < -0.4 is 29.1 Å². The lowest BCUT2D eigenvalue weighted by Gasteiger charge is -2.19. The summed E-state index contributed by atoms with van der Waals surface area (Å²) in [5.74, 6) is 0.739. The van der Waals surface area contributed by atoms with Crippen molar-refractivity contribution in [1.82, 2.24) is 5.43 Å². The van der Waals surface area contributed by atoms with E-state index in [4.69, 9.17) is 46.9 Å². The Morgan fingerprint density at radius 1 is 0.732 bits per heavy atom. The third-order valence-electron chi connectivity index (χ3n) is 5.43.